The van der Waals surface area contributed by atoms with Crippen LogP contribution in [0.5, 0.6) is 5.75 Å². The van der Waals surface area contributed by atoms with Crippen LogP contribution in [0.15, 0.2) is 36.4 Å². The first kappa shape index (κ1) is 30.0. The largest absolute Gasteiger partial charge is 0.484 e. The van der Waals surface area contributed by atoms with Crippen molar-refractivity contribution in [2.24, 2.45) is 11.7 Å². The van der Waals surface area contributed by atoms with Gasteiger partial charge in [-0.1, -0.05) is 25.4 Å². The lowest BCUT2D eigenvalue weighted by molar-refractivity contribution is -0.164. The number of carbonyl (C=O) groups excluding carboxylic acids is 4. The lowest BCUT2D eigenvalue weighted by atomic mass is 9.85. The van der Waals surface area contributed by atoms with E-state index in [-0.39, 0.29) is 22.3 Å². The van der Waals surface area contributed by atoms with Crippen molar-refractivity contribution in [3.05, 3.63) is 63.9 Å². The Labute approximate surface area is 231 Å². The highest BCUT2D eigenvalue weighted by Gasteiger charge is 2.47. The van der Waals surface area contributed by atoms with E-state index in [4.69, 9.17) is 26.8 Å². The third-order valence-corrected chi connectivity index (χ3v) is 6.60. The number of hydrogen-bond acceptors (Lipinski definition) is 7. The number of hydrogen-bond donors (Lipinski definition) is 3. The minimum Gasteiger partial charge on any atom is -0.484 e. The summed E-state index contributed by atoms with van der Waals surface area (Å²) in [5.41, 5.74) is 5.58. The minimum atomic E-state index is -1.14. The third-order valence-electron chi connectivity index (χ3n) is 6.31. The van der Waals surface area contributed by atoms with Gasteiger partial charge < -0.3 is 25.8 Å². The van der Waals surface area contributed by atoms with Crippen molar-refractivity contribution in [3.63, 3.8) is 0 Å². The van der Waals surface area contributed by atoms with Crippen LogP contribution in [0.3, 0.4) is 0 Å². The van der Waals surface area contributed by atoms with Gasteiger partial charge in [-0.15, -0.1) is 0 Å². The predicted octanol–water partition coefficient (Wildman–Crippen LogP) is 3.73. The SMILES string of the molecule is CC(=O)c1ccc2c(c1)[C@@H](NC(=O)c1ccc(F)c(Cl)c1)[C@H](OC(=O)CNC(=O)[C@@H](N)CC(C)C)C(C)(C)O2. The molecule has 0 saturated heterocycles. The zero-order valence-corrected chi connectivity index (χ0v) is 23.2. The number of carbonyl (C=O) groups is 4. The van der Waals surface area contributed by atoms with Gasteiger partial charge in [-0.25, -0.2) is 4.39 Å². The number of ether oxygens (including phenoxy) is 2. The van der Waals surface area contributed by atoms with E-state index in [9.17, 15) is 23.6 Å². The van der Waals surface area contributed by atoms with Gasteiger partial charge in [-0.05, 0) is 69.5 Å². The highest BCUT2D eigenvalue weighted by Crippen LogP contribution is 2.42. The summed E-state index contributed by atoms with van der Waals surface area (Å²) in [6, 6.07) is 6.53. The Balaban J connectivity index is 1.91. The first-order valence-corrected chi connectivity index (χ1v) is 12.9. The maximum atomic E-state index is 13.7. The molecule has 0 unspecified atom stereocenters. The smallest absolute Gasteiger partial charge is 0.325 e. The fourth-order valence-corrected chi connectivity index (χ4v) is 4.50. The normalized spacial score (nSPS) is 18.4. The van der Waals surface area contributed by atoms with Gasteiger partial charge in [-0.2, -0.15) is 0 Å². The number of nitrogens with two attached hydrogens (primary N) is 1. The quantitative estimate of drug-likeness (QED) is 0.313. The number of halogens is 2. The molecule has 11 heteroatoms. The molecule has 0 saturated carbocycles. The van der Waals surface area contributed by atoms with Crippen molar-refractivity contribution in [2.45, 2.75) is 64.8 Å². The average molecular weight is 562 g/mol. The monoisotopic (exact) mass is 561 g/mol. The maximum Gasteiger partial charge on any atom is 0.325 e. The summed E-state index contributed by atoms with van der Waals surface area (Å²) in [5.74, 6) is -2.21. The van der Waals surface area contributed by atoms with Crippen molar-refractivity contribution < 1.29 is 33.0 Å². The number of Topliss-reactive ketones (excluding diaryl/α,β-unsaturated/α-hetero) is 1. The Bertz CT molecular complexity index is 1280. The van der Waals surface area contributed by atoms with E-state index < -0.39 is 53.9 Å². The summed E-state index contributed by atoms with van der Waals surface area (Å²) in [6.45, 7) is 8.15. The molecule has 210 valence electrons. The second kappa shape index (κ2) is 12.1. The summed E-state index contributed by atoms with van der Waals surface area (Å²) in [4.78, 5) is 50.5. The molecular weight excluding hydrogens is 529 g/mol. The first-order chi connectivity index (χ1) is 18.2. The fourth-order valence-electron chi connectivity index (χ4n) is 4.32. The molecule has 0 radical (unpaired) electrons. The number of ketones is 1. The lowest BCUT2D eigenvalue weighted by Gasteiger charge is -2.44. The van der Waals surface area contributed by atoms with Crippen LogP contribution >= 0.6 is 11.6 Å². The number of nitrogens with one attached hydrogen (secondary N) is 2. The Morgan fingerprint density at radius 2 is 1.79 bits per heavy atom. The van der Waals surface area contributed by atoms with Crippen LogP contribution in [-0.2, 0) is 14.3 Å². The molecule has 39 heavy (non-hydrogen) atoms. The van der Waals surface area contributed by atoms with Gasteiger partial charge in [0.25, 0.3) is 5.91 Å². The van der Waals surface area contributed by atoms with Gasteiger partial charge in [0.1, 0.15) is 23.7 Å². The number of benzene rings is 2. The van der Waals surface area contributed by atoms with Crippen LogP contribution < -0.4 is 21.1 Å². The van der Waals surface area contributed by atoms with Crippen LogP contribution in [0.1, 0.15) is 73.4 Å². The van der Waals surface area contributed by atoms with Crippen molar-refractivity contribution in [1.29, 1.82) is 0 Å². The fraction of sp³-hybridized carbons (Fsp3) is 0.429. The average Bonchev–Trinajstić information content (AvgIpc) is 2.85. The molecule has 2 aromatic carbocycles. The summed E-state index contributed by atoms with van der Waals surface area (Å²) < 4.78 is 25.6. The minimum absolute atomic E-state index is 0.0754. The van der Waals surface area contributed by atoms with Gasteiger partial charge in [0.2, 0.25) is 5.91 Å². The van der Waals surface area contributed by atoms with Crippen molar-refractivity contribution >= 4 is 35.2 Å². The van der Waals surface area contributed by atoms with Crippen molar-refractivity contribution in [3.8, 4) is 5.75 Å². The summed E-state index contributed by atoms with van der Waals surface area (Å²) in [6.07, 6.45) is -0.637. The number of fused-ring (bicyclic) bond motifs is 1. The first-order valence-electron chi connectivity index (χ1n) is 12.5. The number of amides is 2. The predicted molar refractivity (Wildman–Crippen MR) is 143 cm³/mol. The van der Waals surface area contributed by atoms with Crippen LogP contribution in [0.25, 0.3) is 0 Å². The van der Waals surface area contributed by atoms with E-state index in [2.05, 4.69) is 10.6 Å². The molecule has 3 atom stereocenters. The molecule has 1 aliphatic heterocycles. The highest BCUT2D eigenvalue weighted by molar-refractivity contribution is 6.31. The van der Waals surface area contributed by atoms with Crippen LogP contribution in [0, 0.1) is 11.7 Å². The van der Waals surface area contributed by atoms with Gasteiger partial charge in [0.05, 0.1) is 17.1 Å². The topological polar surface area (TPSA) is 137 Å². The van der Waals surface area contributed by atoms with Gasteiger partial charge in [0.15, 0.2) is 11.9 Å². The second-order valence-electron chi connectivity index (χ2n) is 10.5. The molecule has 2 amide bonds. The zero-order valence-electron chi connectivity index (χ0n) is 22.5. The van der Waals surface area contributed by atoms with Crippen LogP contribution in [0.4, 0.5) is 4.39 Å². The van der Waals surface area contributed by atoms with E-state index in [1.54, 1.807) is 32.0 Å². The van der Waals surface area contributed by atoms with E-state index in [1.807, 2.05) is 13.8 Å². The Hall–Kier alpha value is -3.50. The number of rotatable bonds is 9. The maximum absolute atomic E-state index is 13.7. The van der Waals surface area contributed by atoms with Gasteiger partial charge >= 0.3 is 5.97 Å². The molecular formula is C28H33ClFN3O6. The lowest BCUT2D eigenvalue weighted by Crippen LogP contribution is -2.56. The molecule has 4 N–H and O–H groups in total. The van der Waals surface area contributed by atoms with Gasteiger partial charge in [-0.3, -0.25) is 19.2 Å². The second-order valence-corrected chi connectivity index (χ2v) is 10.9. The molecule has 0 bridgehead atoms. The Kier molecular flexibility index (Phi) is 9.34. The molecule has 0 aromatic heterocycles. The Morgan fingerprint density at radius 3 is 2.41 bits per heavy atom. The molecule has 1 aliphatic rings. The van der Waals surface area contributed by atoms with E-state index in [1.165, 1.54) is 19.1 Å². The summed E-state index contributed by atoms with van der Waals surface area (Å²) in [5, 5.41) is 5.07. The molecule has 0 aliphatic carbocycles. The van der Waals surface area contributed by atoms with Crippen LogP contribution in [0.2, 0.25) is 5.02 Å². The molecule has 3 rings (SSSR count). The van der Waals surface area contributed by atoms with E-state index >= 15 is 0 Å². The van der Waals surface area contributed by atoms with E-state index in [0.29, 0.717) is 23.3 Å². The third kappa shape index (κ3) is 7.33. The van der Waals surface area contributed by atoms with Crippen LogP contribution in [-0.4, -0.2) is 47.9 Å². The highest BCUT2D eigenvalue weighted by atomic mass is 35.5. The van der Waals surface area contributed by atoms with Crippen molar-refractivity contribution in [2.75, 3.05) is 6.54 Å². The Morgan fingerprint density at radius 1 is 1.13 bits per heavy atom. The van der Waals surface area contributed by atoms with Crippen molar-refractivity contribution in [1.82, 2.24) is 10.6 Å². The summed E-state index contributed by atoms with van der Waals surface area (Å²) >= 11 is 5.87. The van der Waals surface area contributed by atoms with E-state index in [0.717, 1.165) is 6.07 Å². The van der Waals surface area contributed by atoms with Gasteiger partial charge in [0, 0.05) is 16.7 Å². The molecule has 2 aromatic rings. The standard InChI is InChI=1S/C28H33ClFN3O6/c1-14(2)10-21(31)27(37)32-13-23(35)38-25-24(33-26(36)17-6-8-20(30)19(29)12-17)18-11-16(15(3)34)7-9-22(18)39-28(25,4)5/h6-9,11-12,14,21,24-25H,10,13,31H2,1-5H3,(H,32,37)(H,33,36)/t21-,24+,25-/m0/s1. The molecule has 0 spiro atoms. The molecule has 1 heterocycles. The number of esters is 1. The summed E-state index contributed by atoms with van der Waals surface area (Å²) in [7, 11) is 0. The zero-order chi connectivity index (χ0) is 29.1. The molecule has 0 fully saturated rings. The molecule has 9 nitrogen and oxygen atoms in total.